The smallest absolute Gasteiger partial charge is 0.0152 e. The number of fused-ring (bicyclic) bond motifs is 1. The number of allylic oxidation sites excluding steroid dienone is 1. The van der Waals surface area contributed by atoms with Gasteiger partial charge in [0.1, 0.15) is 0 Å². The van der Waals surface area contributed by atoms with E-state index in [-0.39, 0.29) is 0 Å². The van der Waals surface area contributed by atoms with Gasteiger partial charge in [-0.15, -0.1) is 6.58 Å². The molecular weight excluding hydrogens is 180 g/mol. The third-order valence-corrected chi connectivity index (χ3v) is 2.26. The largest absolute Gasteiger partial charge is 0.103 e. The Morgan fingerprint density at radius 1 is 1.07 bits per heavy atom. The highest BCUT2D eigenvalue weighted by molar-refractivity contribution is 5.85. The third-order valence-electron chi connectivity index (χ3n) is 2.26. The molecule has 0 heterocycles. The quantitative estimate of drug-likeness (QED) is 0.588. The van der Waals surface area contributed by atoms with E-state index in [0.29, 0.717) is 0 Å². The Hall–Kier alpha value is -1.56. The van der Waals surface area contributed by atoms with Gasteiger partial charge in [-0.2, -0.15) is 0 Å². The van der Waals surface area contributed by atoms with Gasteiger partial charge in [-0.05, 0) is 29.7 Å². The van der Waals surface area contributed by atoms with Crippen LogP contribution in [0, 0.1) is 0 Å². The molecule has 0 spiro atoms. The Morgan fingerprint density at radius 2 is 1.67 bits per heavy atom. The lowest BCUT2D eigenvalue weighted by atomic mass is 10.0. The zero-order chi connectivity index (χ0) is 11.1. The van der Waals surface area contributed by atoms with Gasteiger partial charge < -0.3 is 0 Å². The predicted molar refractivity (Wildman–Crippen MR) is 69.2 cm³/mol. The molecule has 0 heteroatoms. The molecule has 0 aliphatic carbocycles. The first-order valence-electron chi connectivity index (χ1n) is 5.37. The van der Waals surface area contributed by atoms with Crippen molar-refractivity contribution in [3.63, 3.8) is 0 Å². The molecule has 0 bridgehead atoms. The topological polar surface area (TPSA) is 0 Å². The van der Waals surface area contributed by atoms with E-state index in [0.717, 1.165) is 6.42 Å². The lowest BCUT2D eigenvalue weighted by Gasteiger charge is -2.02. The molecule has 0 amide bonds. The van der Waals surface area contributed by atoms with E-state index >= 15 is 0 Å². The Kier molecular flexibility index (Phi) is 4.62. The molecule has 0 saturated carbocycles. The summed E-state index contributed by atoms with van der Waals surface area (Å²) in [7, 11) is 0. The van der Waals surface area contributed by atoms with Crippen molar-refractivity contribution < 1.29 is 0 Å². The molecule has 2 aromatic carbocycles. The first kappa shape index (κ1) is 11.5. The number of benzene rings is 2. The molecular formula is C15H18. The number of hydrogen-bond donors (Lipinski definition) is 0. The number of hydrogen-bond acceptors (Lipinski definition) is 0. The van der Waals surface area contributed by atoms with Crippen molar-refractivity contribution in [2.75, 3.05) is 0 Å². The summed E-state index contributed by atoms with van der Waals surface area (Å²) in [6.45, 7) is 7.45. The Bertz CT molecular complexity index is 421. The van der Waals surface area contributed by atoms with Crippen LogP contribution < -0.4 is 0 Å². The summed E-state index contributed by atoms with van der Waals surface area (Å²) >= 11 is 0. The summed E-state index contributed by atoms with van der Waals surface area (Å²) in [5, 5.41) is 2.74. The molecule has 0 nitrogen and oxygen atoms in total. The van der Waals surface area contributed by atoms with Crippen molar-refractivity contribution in [1.29, 1.82) is 0 Å². The van der Waals surface area contributed by atoms with Crippen LogP contribution in [0.2, 0.25) is 0 Å². The summed E-state index contributed by atoms with van der Waals surface area (Å²) in [6, 6.07) is 15.0. The van der Waals surface area contributed by atoms with Crippen molar-refractivity contribution in [3.8, 4) is 0 Å². The van der Waals surface area contributed by atoms with Crippen LogP contribution in [0.5, 0.6) is 0 Å². The van der Waals surface area contributed by atoms with Gasteiger partial charge in [-0.1, -0.05) is 55.5 Å². The first-order valence-corrected chi connectivity index (χ1v) is 5.37. The van der Waals surface area contributed by atoms with Crippen molar-refractivity contribution in [2.24, 2.45) is 0 Å². The highest BCUT2D eigenvalue weighted by Crippen LogP contribution is 2.18. The molecule has 2 rings (SSSR count). The molecule has 0 unspecified atom stereocenters. The molecule has 2 aromatic rings. The molecule has 0 aliphatic rings. The predicted octanol–water partition coefficient (Wildman–Crippen LogP) is 4.59. The molecule has 0 fully saturated rings. The van der Waals surface area contributed by atoms with Gasteiger partial charge in [0.15, 0.2) is 0 Å². The van der Waals surface area contributed by atoms with E-state index in [1.54, 1.807) is 6.08 Å². The van der Waals surface area contributed by atoms with E-state index in [9.17, 15) is 0 Å². The maximum absolute atomic E-state index is 3.36. The fourth-order valence-electron chi connectivity index (χ4n) is 1.60. The molecule has 78 valence electrons. The van der Waals surface area contributed by atoms with Crippen LogP contribution in [-0.2, 0) is 6.42 Å². The Morgan fingerprint density at radius 3 is 2.33 bits per heavy atom. The van der Waals surface area contributed by atoms with Gasteiger partial charge in [0, 0.05) is 0 Å². The fourth-order valence-corrected chi connectivity index (χ4v) is 1.60. The number of rotatable bonds is 1. The summed E-state index contributed by atoms with van der Waals surface area (Å²) in [4.78, 5) is 0. The van der Waals surface area contributed by atoms with E-state index in [1.165, 1.54) is 16.3 Å². The maximum Gasteiger partial charge on any atom is -0.0152 e. The maximum atomic E-state index is 3.36. The van der Waals surface area contributed by atoms with E-state index < -0.39 is 0 Å². The Labute approximate surface area is 92.3 Å². The zero-order valence-corrected chi connectivity index (χ0v) is 9.53. The van der Waals surface area contributed by atoms with Gasteiger partial charge in [0.05, 0.1) is 0 Å². The molecule has 0 N–H and O–H groups in total. The van der Waals surface area contributed by atoms with E-state index in [4.69, 9.17) is 0 Å². The normalized spacial score (nSPS) is 9.20. The SMILES string of the molecule is C=CC.CCc1cccc2ccccc12. The lowest BCUT2D eigenvalue weighted by Crippen LogP contribution is -1.81. The van der Waals surface area contributed by atoms with Gasteiger partial charge >= 0.3 is 0 Å². The van der Waals surface area contributed by atoms with Crippen molar-refractivity contribution in [3.05, 3.63) is 60.7 Å². The average Bonchev–Trinajstić information content (AvgIpc) is 2.29. The fraction of sp³-hybridized carbons (Fsp3) is 0.200. The third kappa shape index (κ3) is 2.95. The minimum Gasteiger partial charge on any atom is -0.103 e. The Balaban J connectivity index is 0.000000337. The van der Waals surface area contributed by atoms with Gasteiger partial charge in [0.2, 0.25) is 0 Å². The van der Waals surface area contributed by atoms with E-state index in [1.807, 2.05) is 6.92 Å². The minimum atomic E-state index is 1.11. The second-order valence-electron chi connectivity index (χ2n) is 3.40. The second kappa shape index (κ2) is 6.02. The second-order valence-corrected chi connectivity index (χ2v) is 3.40. The molecule has 0 aromatic heterocycles. The molecule has 0 atom stereocenters. The van der Waals surface area contributed by atoms with Crippen LogP contribution in [-0.4, -0.2) is 0 Å². The van der Waals surface area contributed by atoms with Crippen LogP contribution in [0.4, 0.5) is 0 Å². The summed E-state index contributed by atoms with van der Waals surface area (Å²) in [6.07, 6.45) is 2.86. The zero-order valence-electron chi connectivity index (χ0n) is 9.53. The van der Waals surface area contributed by atoms with Crippen molar-refractivity contribution >= 4 is 10.8 Å². The highest BCUT2D eigenvalue weighted by atomic mass is 14.0. The average molecular weight is 198 g/mol. The summed E-state index contributed by atoms with van der Waals surface area (Å²) in [5.74, 6) is 0. The highest BCUT2D eigenvalue weighted by Gasteiger charge is 1.95. The van der Waals surface area contributed by atoms with Crippen LogP contribution in [0.1, 0.15) is 19.4 Å². The molecule has 0 aliphatic heterocycles. The van der Waals surface area contributed by atoms with Gasteiger partial charge in [0.25, 0.3) is 0 Å². The van der Waals surface area contributed by atoms with E-state index in [2.05, 4.69) is 56.0 Å². The van der Waals surface area contributed by atoms with Gasteiger partial charge in [-0.3, -0.25) is 0 Å². The van der Waals surface area contributed by atoms with Crippen LogP contribution >= 0.6 is 0 Å². The summed E-state index contributed by atoms with van der Waals surface area (Å²) in [5.41, 5.74) is 1.44. The minimum absolute atomic E-state index is 1.11. The van der Waals surface area contributed by atoms with Crippen LogP contribution in [0.15, 0.2) is 55.1 Å². The van der Waals surface area contributed by atoms with Gasteiger partial charge in [-0.25, -0.2) is 0 Å². The van der Waals surface area contributed by atoms with Crippen molar-refractivity contribution in [2.45, 2.75) is 20.3 Å². The lowest BCUT2D eigenvalue weighted by molar-refractivity contribution is 1.16. The monoisotopic (exact) mass is 198 g/mol. The van der Waals surface area contributed by atoms with Crippen molar-refractivity contribution in [1.82, 2.24) is 0 Å². The molecule has 0 saturated heterocycles. The first-order chi connectivity index (χ1) is 7.33. The molecule has 0 radical (unpaired) electrons. The standard InChI is InChI=1S/C12H12.C3H6/c1-2-10-7-5-8-11-6-3-4-9-12(10)11;1-3-2/h3-9H,2H2,1H3;3H,1H2,2H3. The number of aryl methyl sites for hydroxylation is 1. The van der Waals surface area contributed by atoms with Crippen LogP contribution in [0.3, 0.4) is 0 Å². The molecule has 15 heavy (non-hydrogen) atoms. The summed E-state index contributed by atoms with van der Waals surface area (Å²) < 4.78 is 0. The van der Waals surface area contributed by atoms with Crippen LogP contribution in [0.25, 0.3) is 10.8 Å².